The summed E-state index contributed by atoms with van der Waals surface area (Å²) >= 11 is 0. The molecule has 0 saturated heterocycles. The van der Waals surface area contributed by atoms with Crippen LogP contribution >= 0.6 is 0 Å². The third-order valence-corrected chi connectivity index (χ3v) is 6.13. The van der Waals surface area contributed by atoms with Crippen LogP contribution in [0.5, 0.6) is 5.75 Å². The number of hydrogen-bond acceptors (Lipinski definition) is 5. The standard InChI is InChI=1S/C23H24N2O5S/c1-16-8-13-20(31(28,29)25-18-9-11-19(30-2)12-10-18)14-21(16)23(27)24-15-22(26)17-6-4-3-5-7-17/h3-14,22,25-26H,15H2,1-2H3,(H,24,27). The first-order valence-corrected chi connectivity index (χ1v) is 11.1. The number of aliphatic hydroxyl groups is 1. The topological polar surface area (TPSA) is 105 Å². The second kappa shape index (κ2) is 9.63. The Morgan fingerprint density at radius 3 is 2.35 bits per heavy atom. The van der Waals surface area contributed by atoms with Gasteiger partial charge < -0.3 is 15.2 Å². The van der Waals surface area contributed by atoms with Gasteiger partial charge in [-0.05, 0) is 54.4 Å². The minimum atomic E-state index is -3.90. The van der Waals surface area contributed by atoms with E-state index in [4.69, 9.17) is 4.74 Å². The number of ether oxygens (including phenoxy) is 1. The zero-order valence-corrected chi connectivity index (χ0v) is 18.0. The number of sulfonamides is 1. The van der Waals surface area contributed by atoms with E-state index >= 15 is 0 Å². The maximum atomic E-state index is 12.8. The SMILES string of the molecule is COc1ccc(NS(=O)(=O)c2ccc(C)c(C(=O)NCC(O)c3ccccc3)c2)cc1. The van der Waals surface area contributed by atoms with Gasteiger partial charge in [-0.2, -0.15) is 0 Å². The maximum absolute atomic E-state index is 12.8. The Bertz CT molecular complexity index is 1150. The average Bonchev–Trinajstić information content (AvgIpc) is 2.78. The van der Waals surface area contributed by atoms with Crippen LogP contribution in [0, 0.1) is 6.92 Å². The molecule has 0 aliphatic heterocycles. The summed E-state index contributed by atoms with van der Waals surface area (Å²) in [5.74, 6) is 0.143. The van der Waals surface area contributed by atoms with Gasteiger partial charge in [-0.15, -0.1) is 0 Å². The maximum Gasteiger partial charge on any atom is 0.261 e. The number of aliphatic hydroxyl groups excluding tert-OH is 1. The Morgan fingerprint density at radius 1 is 1.03 bits per heavy atom. The molecular formula is C23H24N2O5S. The number of rotatable bonds is 8. The fourth-order valence-electron chi connectivity index (χ4n) is 2.96. The van der Waals surface area contributed by atoms with E-state index in [1.807, 2.05) is 6.07 Å². The van der Waals surface area contributed by atoms with Crippen molar-refractivity contribution in [2.45, 2.75) is 17.9 Å². The van der Waals surface area contributed by atoms with E-state index in [9.17, 15) is 18.3 Å². The first-order chi connectivity index (χ1) is 14.8. The summed E-state index contributed by atoms with van der Waals surface area (Å²) in [4.78, 5) is 12.6. The Balaban J connectivity index is 1.74. The molecule has 0 fully saturated rings. The van der Waals surface area contributed by atoms with Crippen LogP contribution in [0.3, 0.4) is 0 Å². The number of carbonyl (C=O) groups excluding carboxylic acids is 1. The van der Waals surface area contributed by atoms with Crippen LogP contribution in [-0.4, -0.2) is 33.1 Å². The first kappa shape index (κ1) is 22.3. The number of carbonyl (C=O) groups is 1. The fourth-order valence-corrected chi connectivity index (χ4v) is 4.05. The summed E-state index contributed by atoms with van der Waals surface area (Å²) in [6.45, 7) is 1.72. The predicted octanol–water partition coefficient (Wildman–Crippen LogP) is 3.27. The Hall–Kier alpha value is -3.36. The number of amides is 1. The second-order valence-corrected chi connectivity index (χ2v) is 8.63. The molecule has 162 valence electrons. The lowest BCUT2D eigenvalue weighted by Gasteiger charge is -2.14. The van der Waals surface area contributed by atoms with Crippen molar-refractivity contribution >= 4 is 21.6 Å². The molecule has 3 aromatic carbocycles. The minimum absolute atomic E-state index is 0.00334. The molecule has 3 aromatic rings. The number of nitrogens with one attached hydrogen (secondary N) is 2. The molecule has 1 atom stereocenters. The summed E-state index contributed by atoms with van der Waals surface area (Å²) in [6.07, 6.45) is -0.867. The molecule has 0 radical (unpaired) electrons. The molecule has 0 spiro atoms. The van der Waals surface area contributed by atoms with E-state index in [2.05, 4.69) is 10.0 Å². The Labute approximate surface area is 181 Å². The summed E-state index contributed by atoms with van der Waals surface area (Å²) < 4.78 is 33.1. The summed E-state index contributed by atoms with van der Waals surface area (Å²) in [5.41, 5.74) is 1.89. The van der Waals surface area contributed by atoms with Gasteiger partial charge in [0.15, 0.2) is 0 Å². The first-order valence-electron chi connectivity index (χ1n) is 9.59. The second-order valence-electron chi connectivity index (χ2n) is 6.95. The summed E-state index contributed by atoms with van der Waals surface area (Å²) in [5, 5.41) is 12.9. The highest BCUT2D eigenvalue weighted by Crippen LogP contribution is 2.21. The van der Waals surface area contributed by atoms with E-state index in [1.165, 1.54) is 19.2 Å². The number of anilines is 1. The highest BCUT2D eigenvalue weighted by molar-refractivity contribution is 7.92. The highest BCUT2D eigenvalue weighted by Gasteiger charge is 2.19. The van der Waals surface area contributed by atoms with Crippen LogP contribution in [0.1, 0.15) is 27.6 Å². The molecule has 8 heteroatoms. The smallest absolute Gasteiger partial charge is 0.261 e. The molecule has 0 bridgehead atoms. The third-order valence-electron chi connectivity index (χ3n) is 4.75. The van der Waals surface area contributed by atoms with Crippen LogP contribution in [0.2, 0.25) is 0 Å². The molecule has 0 aliphatic carbocycles. The molecule has 0 aliphatic rings. The van der Waals surface area contributed by atoms with Crippen LogP contribution < -0.4 is 14.8 Å². The third kappa shape index (κ3) is 5.62. The van der Waals surface area contributed by atoms with E-state index < -0.39 is 22.0 Å². The van der Waals surface area contributed by atoms with Gasteiger partial charge in [0.2, 0.25) is 0 Å². The van der Waals surface area contributed by atoms with Crippen molar-refractivity contribution in [1.29, 1.82) is 0 Å². The van der Waals surface area contributed by atoms with Crippen molar-refractivity contribution in [3.8, 4) is 5.75 Å². The molecule has 0 heterocycles. The quantitative estimate of drug-likeness (QED) is 0.499. The zero-order chi connectivity index (χ0) is 22.4. The van der Waals surface area contributed by atoms with Gasteiger partial charge in [0.05, 0.1) is 18.1 Å². The van der Waals surface area contributed by atoms with Crippen molar-refractivity contribution in [3.05, 3.63) is 89.5 Å². The zero-order valence-electron chi connectivity index (χ0n) is 17.2. The average molecular weight is 441 g/mol. The molecule has 1 unspecified atom stereocenters. The molecule has 7 nitrogen and oxygen atoms in total. The van der Waals surface area contributed by atoms with Gasteiger partial charge in [-0.25, -0.2) is 8.42 Å². The summed E-state index contributed by atoms with van der Waals surface area (Å²) in [6, 6.07) is 19.8. The molecule has 31 heavy (non-hydrogen) atoms. The van der Waals surface area contributed by atoms with Crippen molar-refractivity contribution in [3.63, 3.8) is 0 Å². The van der Waals surface area contributed by atoms with Crippen LogP contribution in [0.25, 0.3) is 0 Å². The fraction of sp³-hybridized carbons (Fsp3) is 0.174. The largest absolute Gasteiger partial charge is 0.497 e. The molecule has 1 amide bonds. The van der Waals surface area contributed by atoms with Crippen LogP contribution in [0.4, 0.5) is 5.69 Å². The minimum Gasteiger partial charge on any atom is -0.497 e. The lowest BCUT2D eigenvalue weighted by atomic mass is 10.1. The van der Waals surface area contributed by atoms with E-state index in [1.54, 1.807) is 61.5 Å². The van der Waals surface area contributed by atoms with Gasteiger partial charge in [-0.1, -0.05) is 36.4 Å². The van der Waals surface area contributed by atoms with Gasteiger partial charge in [-0.3, -0.25) is 9.52 Å². The van der Waals surface area contributed by atoms with Gasteiger partial charge >= 0.3 is 0 Å². The Morgan fingerprint density at radius 2 is 1.71 bits per heavy atom. The van der Waals surface area contributed by atoms with Crippen molar-refractivity contribution in [2.24, 2.45) is 0 Å². The molecular weight excluding hydrogens is 416 g/mol. The van der Waals surface area contributed by atoms with Gasteiger partial charge in [0.1, 0.15) is 5.75 Å². The molecule has 3 rings (SSSR count). The number of benzene rings is 3. The molecule has 0 aromatic heterocycles. The number of hydrogen-bond donors (Lipinski definition) is 3. The van der Waals surface area contributed by atoms with Gasteiger partial charge in [0.25, 0.3) is 15.9 Å². The highest BCUT2D eigenvalue weighted by atomic mass is 32.2. The lowest BCUT2D eigenvalue weighted by Crippen LogP contribution is -2.29. The van der Waals surface area contributed by atoms with Gasteiger partial charge in [0, 0.05) is 17.8 Å². The predicted molar refractivity (Wildman–Crippen MR) is 119 cm³/mol. The van der Waals surface area contributed by atoms with E-state index in [0.717, 1.165) is 0 Å². The number of methoxy groups -OCH3 is 1. The molecule has 0 saturated carbocycles. The van der Waals surface area contributed by atoms with Crippen LogP contribution in [-0.2, 0) is 10.0 Å². The van der Waals surface area contributed by atoms with E-state index in [0.29, 0.717) is 22.6 Å². The van der Waals surface area contributed by atoms with Crippen LogP contribution in [0.15, 0.2) is 77.7 Å². The van der Waals surface area contributed by atoms with Crippen molar-refractivity contribution in [1.82, 2.24) is 5.32 Å². The van der Waals surface area contributed by atoms with E-state index in [-0.39, 0.29) is 17.0 Å². The van der Waals surface area contributed by atoms with Crippen molar-refractivity contribution in [2.75, 3.05) is 18.4 Å². The molecule has 3 N–H and O–H groups in total. The lowest BCUT2D eigenvalue weighted by molar-refractivity contribution is 0.0915. The van der Waals surface area contributed by atoms with Crippen molar-refractivity contribution < 1.29 is 23.1 Å². The number of aryl methyl sites for hydroxylation is 1. The summed E-state index contributed by atoms with van der Waals surface area (Å²) in [7, 11) is -2.38. The normalized spacial score (nSPS) is 12.1. The Kier molecular flexibility index (Phi) is 6.94. The monoisotopic (exact) mass is 440 g/mol.